The molecule has 68 heavy (non-hydrogen) atoms. The highest BCUT2D eigenvalue weighted by atomic mass is 32.1. The van der Waals surface area contributed by atoms with E-state index in [0.29, 0.717) is 0 Å². The molecular weight excluding hydrogens is 847 g/mol. The summed E-state index contributed by atoms with van der Waals surface area (Å²) in [6.07, 6.45) is 0. The zero-order valence-electron chi connectivity index (χ0n) is 36.7. The van der Waals surface area contributed by atoms with Gasteiger partial charge in [0.1, 0.15) is 22.3 Å². The molecule has 3 nitrogen and oxygen atoms in total. The Bertz CT molecular complexity index is 4250. The van der Waals surface area contributed by atoms with Gasteiger partial charge in [0.25, 0.3) is 0 Å². The fourth-order valence-corrected chi connectivity index (χ4v) is 11.7. The van der Waals surface area contributed by atoms with Crippen LogP contribution in [0.1, 0.15) is 0 Å². The van der Waals surface area contributed by atoms with E-state index in [1.54, 1.807) is 0 Å². The molecule has 0 aliphatic carbocycles. The lowest BCUT2D eigenvalue weighted by atomic mass is 9.94. The van der Waals surface area contributed by atoms with Gasteiger partial charge in [-0.2, -0.15) is 0 Å². The average molecular weight is 886 g/mol. The van der Waals surface area contributed by atoms with Crippen LogP contribution in [0.4, 0.5) is 17.1 Å². The van der Waals surface area contributed by atoms with Crippen molar-refractivity contribution < 1.29 is 8.83 Å². The quantitative estimate of drug-likeness (QED) is 0.160. The zero-order chi connectivity index (χ0) is 44.7. The summed E-state index contributed by atoms with van der Waals surface area (Å²) in [6.45, 7) is 0. The summed E-state index contributed by atoms with van der Waals surface area (Å²) in [4.78, 5) is 2.43. The van der Waals surface area contributed by atoms with Crippen LogP contribution in [0.2, 0.25) is 0 Å². The van der Waals surface area contributed by atoms with Crippen molar-refractivity contribution in [2.75, 3.05) is 4.90 Å². The Labute approximate surface area is 396 Å². The van der Waals surface area contributed by atoms with Gasteiger partial charge in [0.05, 0.1) is 11.1 Å². The fraction of sp³-hybridized carbons (Fsp3) is 0. The third-order valence-corrected chi connectivity index (χ3v) is 14.9. The lowest BCUT2D eigenvalue weighted by Gasteiger charge is -2.29. The molecule has 0 unspecified atom stereocenters. The van der Waals surface area contributed by atoms with Crippen LogP contribution in [0.5, 0.6) is 0 Å². The van der Waals surface area contributed by atoms with E-state index in [2.05, 4.69) is 229 Å². The summed E-state index contributed by atoms with van der Waals surface area (Å²) >= 11 is 1.87. The third kappa shape index (κ3) is 6.12. The third-order valence-electron chi connectivity index (χ3n) is 13.7. The molecule has 3 aromatic heterocycles. The normalized spacial score (nSPS) is 11.8. The van der Waals surface area contributed by atoms with Crippen molar-refractivity contribution in [2.24, 2.45) is 0 Å². The summed E-state index contributed by atoms with van der Waals surface area (Å²) in [6, 6.07) is 85.2. The van der Waals surface area contributed by atoms with Crippen LogP contribution in [0.25, 0.3) is 119 Å². The molecule has 0 bridgehead atoms. The van der Waals surface area contributed by atoms with Crippen LogP contribution in [-0.2, 0) is 0 Å². The van der Waals surface area contributed by atoms with E-state index in [9.17, 15) is 0 Å². The van der Waals surface area contributed by atoms with Crippen molar-refractivity contribution >= 4 is 103 Å². The number of furan rings is 2. The van der Waals surface area contributed by atoms with Crippen LogP contribution >= 0.6 is 11.3 Å². The number of fused-ring (bicyclic) bond motifs is 11. The Kier molecular flexibility index (Phi) is 8.76. The maximum absolute atomic E-state index is 6.97. The summed E-state index contributed by atoms with van der Waals surface area (Å²) < 4.78 is 16.1. The number of hydrogen-bond donors (Lipinski definition) is 0. The SMILES string of the molecule is c1ccc(-c2ccc(N(c3ccc(-c4cccc5c4oc4ccccc45)cc3)c3c(-c4cccc(-c5cccc6c5sc5ccccc56)c4)ccc4oc5c6ccccc6ccc5c34)cc2)cc1. The van der Waals surface area contributed by atoms with Gasteiger partial charge in [0.15, 0.2) is 0 Å². The summed E-state index contributed by atoms with van der Waals surface area (Å²) in [7, 11) is 0. The Balaban J connectivity index is 1.02. The zero-order valence-corrected chi connectivity index (χ0v) is 37.5. The topological polar surface area (TPSA) is 29.5 Å². The second-order valence-corrected chi connectivity index (χ2v) is 18.6. The van der Waals surface area contributed by atoms with Gasteiger partial charge in [-0.05, 0) is 99.4 Å². The molecule has 11 aromatic carbocycles. The largest absolute Gasteiger partial charge is 0.455 e. The Morgan fingerprint density at radius 1 is 0.324 bits per heavy atom. The molecule has 0 radical (unpaired) electrons. The van der Waals surface area contributed by atoms with Gasteiger partial charge < -0.3 is 13.7 Å². The number of anilines is 3. The minimum Gasteiger partial charge on any atom is -0.455 e. The van der Waals surface area contributed by atoms with Crippen LogP contribution in [0, 0.1) is 0 Å². The molecule has 0 spiro atoms. The van der Waals surface area contributed by atoms with E-state index in [4.69, 9.17) is 8.83 Å². The lowest BCUT2D eigenvalue weighted by molar-refractivity contribution is 0.670. The molecule has 0 saturated heterocycles. The van der Waals surface area contributed by atoms with Crippen molar-refractivity contribution in [3.8, 4) is 44.5 Å². The first-order valence-electron chi connectivity index (χ1n) is 23.1. The van der Waals surface area contributed by atoms with Crippen molar-refractivity contribution in [1.82, 2.24) is 0 Å². The number of nitrogens with zero attached hydrogens (tertiary/aromatic N) is 1. The second-order valence-electron chi connectivity index (χ2n) is 17.5. The summed E-state index contributed by atoms with van der Waals surface area (Å²) in [5.41, 5.74) is 15.7. The van der Waals surface area contributed by atoms with E-state index in [1.807, 2.05) is 23.5 Å². The maximum Gasteiger partial charge on any atom is 0.143 e. The lowest BCUT2D eigenvalue weighted by Crippen LogP contribution is -2.12. The molecule has 0 aliphatic rings. The summed E-state index contributed by atoms with van der Waals surface area (Å²) in [5.74, 6) is 0. The molecule has 0 atom stereocenters. The molecular formula is C64H39NO2S. The molecule has 0 N–H and O–H groups in total. The van der Waals surface area contributed by atoms with E-state index in [-0.39, 0.29) is 0 Å². The van der Waals surface area contributed by atoms with Crippen LogP contribution < -0.4 is 4.90 Å². The standard InChI is InChI=1S/C64H39NO2S/c1-2-13-40(14-3-1)41-27-32-46(33-28-41)65(47-34-29-43(30-35-47)50-21-11-23-54-52-19-6-8-25-57(52)66-62(50)54)61-48(37-38-58-60(61)56-36-31-42-15-4-5-18-49(42)63(56)67-58)44-16-10-17-45(39-44)51-22-12-24-55-53-20-7-9-26-59(53)68-64(51)55/h1-39H. The molecule has 318 valence electrons. The predicted octanol–water partition coefficient (Wildman–Crippen LogP) is 19.1. The van der Waals surface area contributed by atoms with Gasteiger partial charge >= 0.3 is 0 Å². The van der Waals surface area contributed by atoms with Crippen LogP contribution in [0.3, 0.4) is 0 Å². The first-order valence-corrected chi connectivity index (χ1v) is 23.9. The molecule has 14 rings (SSSR count). The monoisotopic (exact) mass is 885 g/mol. The first-order chi connectivity index (χ1) is 33.7. The van der Waals surface area contributed by atoms with Gasteiger partial charge in [-0.15, -0.1) is 11.3 Å². The molecule has 0 amide bonds. The van der Waals surface area contributed by atoms with Gasteiger partial charge in [0.2, 0.25) is 0 Å². The highest BCUT2D eigenvalue weighted by molar-refractivity contribution is 7.26. The minimum absolute atomic E-state index is 0.834. The van der Waals surface area contributed by atoms with Crippen molar-refractivity contribution in [1.29, 1.82) is 0 Å². The molecule has 0 fully saturated rings. The number of para-hydroxylation sites is 2. The maximum atomic E-state index is 6.97. The van der Waals surface area contributed by atoms with Crippen molar-refractivity contribution in [3.05, 3.63) is 237 Å². The minimum atomic E-state index is 0.834. The van der Waals surface area contributed by atoms with Gasteiger partial charge in [0, 0.05) is 64.2 Å². The van der Waals surface area contributed by atoms with E-state index in [0.717, 1.165) is 99.5 Å². The van der Waals surface area contributed by atoms with Crippen LogP contribution in [-0.4, -0.2) is 0 Å². The highest BCUT2D eigenvalue weighted by Crippen LogP contribution is 2.50. The fourth-order valence-electron chi connectivity index (χ4n) is 10.5. The molecule has 14 aromatic rings. The van der Waals surface area contributed by atoms with Gasteiger partial charge in [-0.25, -0.2) is 0 Å². The number of thiophene rings is 1. The van der Waals surface area contributed by atoms with Crippen LogP contribution in [0.15, 0.2) is 245 Å². The molecule has 0 aliphatic heterocycles. The van der Waals surface area contributed by atoms with Gasteiger partial charge in [-0.1, -0.05) is 176 Å². The molecule has 0 saturated carbocycles. The Hall–Kier alpha value is -8.70. The summed E-state index contributed by atoms with van der Waals surface area (Å²) in [5, 5.41) is 9.19. The van der Waals surface area contributed by atoms with Crippen molar-refractivity contribution in [3.63, 3.8) is 0 Å². The predicted molar refractivity (Wildman–Crippen MR) is 288 cm³/mol. The first kappa shape index (κ1) is 38.6. The average Bonchev–Trinajstić information content (AvgIpc) is 4.11. The van der Waals surface area contributed by atoms with E-state index >= 15 is 0 Å². The van der Waals surface area contributed by atoms with Gasteiger partial charge in [-0.3, -0.25) is 0 Å². The van der Waals surface area contributed by atoms with E-state index < -0.39 is 0 Å². The molecule has 3 heterocycles. The second kappa shape index (κ2) is 15.5. The van der Waals surface area contributed by atoms with Crippen molar-refractivity contribution in [2.45, 2.75) is 0 Å². The Morgan fingerprint density at radius 3 is 1.75 bits per heavy atom. The Morgan fingerprint density at radius 2 is 0.926 bits per heavy atom. The van der Waals surface area contributed by atoms with E-state index in [1.165, 1.54) is 36.9 Å². The molecule has 4 heteroatoms. The highest BCUT2D eigenvalue weighted by Gasteiger charge is 2.25. The smallest absolute Gasteiger partial charge is 0.143 e. The number of benzene rings is 11. The number of hydrogen-bond acceptors (Lipinski definition) is 4. The number of rotatable bonds is 7.